The summed E-state index contributed by atoms with van der Waals surface area (Å²) in [6.07, 6.45) is 3.68. The highest BCUT2D eigenvalue weighted by atomic mass is 32.2. The van der Waals surface area contributed by atoms with Crippen LogP contribution in [0, 0.1) is 0 Å². The first-order valence-electron chi connectivity index (χ1n) is 7.01. The fourth-order valence-electron chi connectivity index (χ4n) is 2.69. The molecule has 0 aliphatic carbocycles. The number of nitrogens with zero attached hydrogens (tertiary/aromatic N) is 3. The smallest absolute Gasteiger partial charge is 0.209 e. The fraction of sp³-hybridized carbons (Fsp3) is 0.0556. The first-order chi connectivity index (χ1) is 10.8. The van der Waals surface area contributed by atoms with Crippen LogP contribution in [0.3, 0.4) is 0 Å². The van der Waals surface area contributed by atoms with Crippen LogP contribution in [0.15, 0.2) is 66.0 Å². The number of benzene rings is 3. The number of aromatic nitrogens is 3. The minimum atomic E-state index is 0.690. The van der Waals surface area contributed by atoms with Gasteiger partial charge >= 0.3 is 0 Å². The average Bonchev–Trinajstić information content (AvgIpc) is 2.59. The van der Waals surface area contributed by atoms with Crippen LogP contribution in [0.25, 0.3) is 32.8 Å². The molecule has 0 aliphatic heterocycles. The van der Waals surface area contributed by atoms with E-state index in [4.69, 9.17) is 0 Å². The highest BCUT2D eigenvalue weighted by Crippen LogP contribution is 2.31. The second-order valence-corrected chi connectivity index (χ2v) is 5.83. The predicted octanol–water partition coefficient (Wildman–Crippen LogP) is 4.57. The molecule has 0 unspecified atom stereocenters. The molecule has 0 radical (unpaired) electrons. The first-order valence-corrected chi connectivity index (χ1v) is 8.23. The Labute approximate surface area is 132 Å². The zero-order chi connectivity index (χ0) is 14.9. The molecule has 0 atom stereocenters. The van der Waals surface area contributed by atoms with Crippen molar-refractivity contribution in [3.8, 4) is 11.3 Å². The van der Waals surface area contributed by atoms with Crippen molar-refractivity contribution >= 4 is 33.3 Å². The lowest BCUT2D eigenvalue weighted by Crippen LogP contribution is -1.93. The van der Waals surface area contributed by atoms with Crippen molar-refractivity contribution in [1.82, 2.24) is 15.2 Å². The van der Waals surface area contributed by atoms with Gasteiger partial charge in [-0.05, 0) is 39.9 Å². The lowest BCUT2D eigenvalue weighted by atomic mass is 9.98. The van der Waals surface area contributed by atoms with Gasteiger partial charge in [0, 0.05) is 5.56 Å². The van der Waals surface area contributed by atoms with E-state index >= 15 is 0 Å². The van der Waals surface area contributed by atoms with Crippen molar-refractivity contribution in [2.24, 2.45) is 0 Å². The summed E-state index contributed by atoms with van der Waals surface area (Å²) in [5, 5.41) is 13.6. The Morgan fingerprint density at radius 2 is 1.64 bits per heavy atom. The number of fused-ring (bicyclic) bond motifs is 2. The SMILES string of the molecule is CSc1nncc(-c2cccc3cc4ccccc4cc23)n1. The molecule has 106 valence electrons. The quantitative estimate of drug-likeness (QED) is 0.402. The van der Waals surface area contributed by atoms with E-state index in [1.54, 1.807) is 6.20 Å². The van der Waals surface area contributed by atoms with E-state index in [2.05, 4.69) is 69.8 Å². The Kier molecular flexibility index (Phi) is 3.24. The molecule has 0 amide bonds. The van der Waals surface area contributed by atoms with Gasteiger partial charge in [0.2, 0.25) is 5.16 Å². The number of thioether (sulfide) groups is 1. The molecule has 0 spiro atoms. The first kappa shape index (κ1) is 13.2. The molecule has 0 fully saturated rings. The summed E-state index contributed by atoms with van der Waals surface area (Å²) >= 11 is 1.50. The lowest BCUT2D eigenvalue weighted by Gasteiger charge is -2.08. The predicted molar refractivity (Wildman–Crippen MR) is 92.1 cm³/mol. The highest BCUT2D eigenvalue weighted by Gasteiger charge is 2.08. The zero-order valence-electron chi connectivity index (χ0n) is 12.0. The van der Waals surface area contributed by atoms with Crippen LogP contribution in [0.5, 0.6) is 0 Å². The molecule has 4 aromatic rings. The van der Waals surface area contributed by atoms with Gasteiger partial charge in [-0.1, -0.05) is 54.2 Å². The topological polar surface area (TPSA) is 38.7 Å². The Morgan fingerprint density at radius 3 is 2.45 bits per heavy atom. The van der Waals surface area contributed by atoms with Crippen LogP contribution in [0.2, 0.25) is 0 Å². The summed E-state index contributed by atoms with van der Waals surface area (Å²) in [4.78, 5) is 4.58. The fourth-order valence-corrected chi connectivity index (χ4v) is 3.01. The standard InChI is InChI=1S/C18H13N3S/c1-22-18-20-17(11-19-21-18)15-8-4-7-14-9-12-5-2-3-6-13(12)10-16(14)15/h2-11H,1H3. The van der Waals surface area contributed by atoms with E-state index in [1.165, 1.54) is 33.3 Å². The van der Waals surface area contributed by atoms with Gasteiger partial charge in [-0.25, -0.2) is 4.98 Å². The number of rotatable bonds is 2. The van der Waals surface area contributed by atoms with Gasteiger partial charge in [-0.15, -0.1) is 5.10 Å². The molecule has 0 saturated carbocycles. The molecule has 22 heavy (non-hydrogen) atoms. The third-order valence-corrected chi connectivity index (χ3v) is 4.28. The molecule has 3 nitrogen and oxygen atoms in total. The normalized spacial score (nSPS) is 11.1. The van der Waals surface area contributed by atoms with E-state index in [9.17, 15) is 0 Å². The summed E-state index contributed by atoms with van der Waals surface area (Å²) in [6, 6.07) is 19.1. The Morgan fingerprint density at radius 1 is 0.864 bits per heavy atom. The maximum atomic E-state index is 4.58. The van der Waals surface area contributed by atoms with E-state index in [1.807, 2.05) is 6.26 Å². The van der Waals surface area contributed by atoms with Crippen LogP contribution in [-0.2, 0) is 0 Å². The maximum Gasteiger partial charge on any atom is 0.209 e. The van der Waals surface area contributed by atoms with Crippen molar-refractivity contribution in [2.45, 2.75) is 5.16 Å². The van der Waals surface area contributed by atoms with E-state index in [0.717, 1.165) is 11.3 Å². The molecule has 1 heterocycles. The van der Waals surface area contributed by atoms with Crippen molar-refractivity contribution in [1.29, 1.82) is 0 Å². The monoisotopic (exact) mass is 303 g/mol. The molecule has 4 rings (SSSR count). The molecule has 4 heteroatoms. The van der Waals surface area contributed by atoms with Crippen LogP contribution in [0.4, 0.5) is 0 Å². The minimum Gasteiger partial charge on any atom is -0.219 e. The van der Waals surface area contributed by atoms with Crippen LogP contribution in [-0.4, -0.2) is 21.4 Å². The lowest BCUT2D eigenvalue weighted by molar-refractivity contribution is 0.846. The van der Waals surface area contributed by atoms with Gasteiger partial charge in [0.15, 0.2) is 0 Å². The van der Waals surface area contributed by atoms with Crippen molar-refractivity contribution in [3.63, 3.8) is 0 Å². The second kappa shape index (κ2) is 5.39. The van der Waals surface area contributed by atoms with Crippen LogP contribution < -0.4 is 0 Å². The van der Waals surface area contributed by atoms with Gasteiger partial charge in [-0.3, -0.25) is 0 Å². The van der Waals surface area contributed by atoms with E-state index in [-0.39, 0.29) is 0 Å². The van der Waals surface area contributed by atoms with Crippen molar-refractivity contribution in [3.05, 3.63) is 60.8 Å². The molecule has 0 N–H and O–H groups in total. The molecule has 3 aromatic carbocycles. The maximum absolute atomic E-state index is 4.58. The summed E-state index contributed by atoms with van der Waals surface area (Å²) in [7, 11) is 0. The Bertz CT molecular complexity index is 982. The molecule has 0 saturated heterocycles. The summed E-state index contributed by atoms with van der Waals surface area (Å²) in [6.45, 7) is 0. The van der Waals surface area contributed by atoms with Gasteiger partial charge in [0.25, 0.3) is 0 Å². The molecule has 0 aliphatic rings. The molecule has 1 aromatic heterocycles. The van der Waals surface area contributed by atoms with Crippen LogP contribution in [0.1, 0.15) is 0 Å². The largest absolute Gasteiger partial charge is 0.219 e. The van der Waals surface area contributed by atoms with Crippen molar-refractivity contribution in [2.75, 3.05) is 6.26 Å². The Hall–Kier alpha value is -2.46. The van der Waals surface area contributed by atoms with Gasteiger partial charge in [0.1, 0.15) is 0 Å². The summed E-state index contributed by atoms with van der Waals surface area (Å²) in [5.41, 5.74) is 1.95. The van der Waals surface area contributed by atoms with Gasteiger partial charge in [0.05, 0.1) is 11.9 Å². The molecular formula is C18H13N3S. The van der Waals surface area contributed by atoms with Gasteiger partial charge < -0.3 is 0 Å². The molecular weight excluding hydrogens is 290 g/mol. The summed E-state index contributed by atoms with van der Waals surface area (Å²) < 4.78 is 0. The average molecular weight is 303 g/mol. The number of hydrogen-bond donors (Lipinski definition) is 0. The van der Waals surface area contributed by atoms with Gasteiger partial charge in [-0.2, -0.15) is 5.10 Å². The molecule has 0 bridgehead atoms. The number of hydrogen-bond acceptors (Lipinski definition) is 4. The third kappa shape index (κ3) is 2.22. The second-order valence-electron chi connectivity index (χ2n) is 5.05. The third-order valence-electron chi connectivity index (χ3n) is 3.74. The van der Waals surface area contributed by atoms with Crippen LogP contribution >= 0.6 is 11.8 Å². The van der Waals surface area contributed by atoms with E-state index < -0.39 is 0 Å². The minimum absolute atomic E-state index is 0.690. The zero-order valence-corrected chi connectivity index (χ0v) is 12.8. The highest BCUT2D eigenvalue weighted by molar-refractivity contribution is 7.98. The van der Waals surface area contributed by atoms with Crippen molar-refractivity contribution < 1.29 is 0 Å². The summed E-state index contributed by atoms with van der Waals surface area (Å²) in [5.74, 6) is 0. The Balaban J connectivity index is 2.02. The van der Waals surface area contributed by atoms with E-state index in [0.29, 0.717) is 5.16 Å².